The summed E-state index contributed by atoms with van der Waals surface area (Å²) in [6.07, 6.45) is 6.85. The summed E-state index contributed by atoms with van der Waals surface area (Å²) >= 11 is 0. The summed E-state index contributed by atoms with van der Waals surface area (Å²) in [4.78, 5) is 25.2. The highest BCUT2D eigenvalue weighted by molar-refractivity contribution is 6.01. The van der Waals surface area contributed by atoms with Crippen LogP contribution in [-0.4, -0.2) is 33.0 Å². The summed E-state index contributed by atoms with van der Waals surface area (Å²) in [5, 5.41) is 22.3. The third-order valence-corrected chi connectivity index (χ3v) is 6.08. The Hall–Kier alpha value is -1.26. The van der Waals surface area contributed by atoms with Crippen LogP contribution in [0.15, 0.2) is 24.3 Å². The topological polar surface area (TPSA) is 74.6 Å². The van der Waals surface area contributed by atoms with Crippen LogP contribution in [0.1, 0.15) is 27.7 Å². The average Bonchev–Trinajstić information content (AvgIpc) is 2.46. The first-order valence-corrected chi connectivity index (χ1v) is 8.06. The molecule has 0 saturated heterocycles. The maximum absolute atomic E-state index is 12.8. The van der Waals surface area contributed by atoms with Crippen LogP contribution in [0.2, 0.25) is 0 Å². The zero-order valence-corrected chi connectivity index (χ0v) is 13.5. The molecule has 0 radical (unpaired) electrons. The summed E-state index contributed by atoms with van der Waals surface area (Å²) in [7, 11) is 0. The summed E-state index contributed by atoms with van der Waals surface area (Å²) in [5.41, 5.74) is -3.04. The number of carbonyl (C=O) groups is 2. The van der Waals surface area contributed by atoms with Gasteiger partial charge in [-0.3, -0.25) is 9.59 Å². The van der Waals surface area contributed by atoms with E-state index in [9.17, 15) is 19.8 Å². The second-order valence-electron chi connectivity index (χ2n) is 7.59. The molecule has 0 aliphatic heterocycles. The van der Waals surface area contributed by atoms with Gasteiger partial charge in [0.05, 0.1) is 0 Å². The van der Waals surface area contributed by atoms with Gasteiger partial charge >= 0.3 is 0 Å². The molecule has 4 heteroatoms. The van der Waals surface area contributed by atoms with Crippen LogP contribution in [0.3, 0.4) is 0 Å². The van der Waals surface area contributed by atoms with Crippen molar-refractivity contribution in [1.82, 2.24) is 0 Å². The van der Waals surface area contributed by atoms with Gasteiger partial charge in [-0.1, -0.05) is 45.9 Å². The van der Waals surface area contributed by atoms with Gasteiger partial charge in [0, 0.05) is 17.8 Å². The molecule has 4 rings (SSSR count). The number of hydrogen-bond donors (Lipinski definition) is 2. The third kappa shape index (κ3) is 1.60. The van der Waals surface area contributed by atoms with E-state index in [-0.39, 0.29) is 29.3 Å². The molecular formula is C18H24O4. The molecule has 0 aromatic rings. The van der Waals surface area contributed by atoms with Crippen molar-refractivity contribution in [3.05, 3.63) is 24.3 Å². The van der Waals surface area contributed by atoms with Crippen LogP contribution in [0.5, 0.6) is 0 Å². The minimum atomic E-state index is -1.53. The van der Waals surface area contributed by atoms with Crippen molar-refractivity contribution < 1.29 is 19.8 Å². The highest BCUT2D eigenvalue weighted by Gasteiger charge is 2.67. The van der Waals surface area contributed by atoms with Gasteiger partial charge in [0.15, 0.2) is 11.6 Å². The minimum Gasteiger partial charge on any atom is -0.381 e. The van der Waals surface area contributed by atoms with E-state index in [4.69, 9.17) is 0 Å². The van der Waals surface area contributed by atoms with Gasteiger partial charge < -0.3 is 10.2 Å². The van der Waals surface area contributed by atoms with Gasteiger partial charge in [0.1, 0.15) is 11.2 Å². The highest BCUT2D eigenvalue weighted by atomic mass is 16.3. The first kappa shape index (κ1) is 15.6. The van der Waals surface area contributed by atoms with Gasteiger partial charge in [0.25, 0.3) is 0 Å². The van der Waals surface area contributed by atoms with E-state index in [0.717, 1.165) is 0 Å². The fourth-order valence-corrected chi connectivity index (χ4v) is 4.71. The molecule has 4 aliphatic rings. The summed E-state index contributed by atoms with van der Waals surface area (Å²) in [5.74, 6) is -2.71. The molecule has 6 atom stereocenters. The molecule has 0 spiro atoms. The molecule has 0 unspecified atom stereocenters. The number of fused-ring (bicyclic) bond motifs is 1. The Labute approximate surface area is 130 Å². The van der Waals surface area contributed by atoms with Crippen molar-refractivity contribution in [3.63, 3.8) is 0 Å². The van der Waals surface area contributed by atoms with Gasteiger partial charge in [0.2, 0.25) is 0 Å². The standard InChI is InChI=1S/C18H24O4/c1-9(2)17(21)13-7-5-12(16(17)20)11-6-8-14(19)18(22,10(3)4)15(11)13/h5-13,15,21-22H,1-4H3/t11-,12+,13-,15-,17+,18-/m0/s1. The molecule has 2 N–H and O–H groups in total. The van der Waals surface area contributed by atoms with E-state index in [1.54, 1.807) is 6.08 Å². The van der Waals surface area contributed by atoms with E-state index in [0.29, 0.717) is 0 Å². The molecule has 0 heterocycles. The molecule has 120 valence electrons. The van der Waals surface area contributed by atoms with Gasteiger partial charge in [-0.15, -0.1) is 0 Å². The van der Waals surface area contributed by atoms with Crippen LogP contribution in [0, 0.1) is 35.5 Å². The lowest BCUT2D eigenvalue weighted by Crippen LogP contribution is -2.70. The lowest BCUT2D eigenvalue weighted by Gasteiger charge is -2.58. The maximum Gasteiger partial charge on any atom is 0.187 e. The Bertz CT molecular complexity index is 588. The molecule has 0 aromatic carbocycles. The van der Waals surface area contributed by atoms with Crippen molar-refractivity contribution in [2.75, 3.05) is 0 Å². The molecule has 0 aromatic heterocycles. The van der Waals surface area contributed by atoms with Crippen LogP contribution in [0.25, 0.3) is 0 Å². The van der Waals surface area contributed by atoms with Crippen LogP contribution in [0.4, 0.5) is 0 Å². The largest absolute Gasteiger partial charge is 0.381 e. The van der Waals surface area contributed by atoms with E-state index in [1.165, 1.54) is 6.08 Å². The molecular weight excluding hydrogens is 280 g/mol. The fourth-order valence-electron chi connectivity index (χ4n) is 4.71. The van der Waals surface area contributed by atoms with Crippen LogP contribution in [-0.2, 0) is 9.59 Å². The Morgan fingerprint density at radius 2 is 1.55 bits per heavy atom. The second-order valence-corrected chi connectivity index (χ2v) is 7.59. The number of aliphatic hydroxyl groups is 2. The predicted molar refractivity (Wildman–Crippen MR) is 81.8 cm³/mol. The second kappa shape index (κ2) is 4.62. The Morgan fingerprint density at radius 3 is 2.09 bits per heavy atom. The molecule has 1 fully saturated rings. The molecule has 0 amide bonds. The zero-order valence-electron chi connectivity index (χ0n) is 13.5. The van der Waals surface area contributed by atoms with E-state index >= 15 is 0 Å². The monoisotopic (exact) mass is 304 g/mol. The fraction of sp³-hybridized carbons (Fsp3) is 0.667. The summed E-state index contributed by atoms with van der Waals surface area (Å²) in [6.45, 7) is 7.26. The highest BCUT2D eigenvalue weighted by Crippen LogP contribution is 2.57. The number of hydrogen-bond acceptors (Lipinski definition) is 4. The molecule has 2 bridgehead atoms. The van der Waals surface area contributed by atoms with Gasteiger partial charge in [-0.05, 0) is 23.8 Å². The van der Waals surface area contributed by atoms with Crippen molar-refractivity contribution in [2.45, 2.75) is 38.9 Å². The predicted octanol–water partition coefficient (Wildman–Crippen LogP) is 1.52. The zero-order chi connectivity index (χ0) is 16.4. The van der Waals surface area contributed by atoms with Gasteiger partial charge in [-0.2, -0.15) is 0 Å². The molecule has 1 saturated carbocycles. The lowest BCUT2D eigenvalue weighted by atomic mass is 9.46. The average molecular weight is 304 g/mol. The van der Waals surface area contributed by atoms with Crippen molar-refractivity contribution in [3.8, 4) is 0 Å². The Morgan fingerprint density at radius 1 is 0.955 bits per heavy atom. The first-order chi connectivity index (χ1) is 10.2. The molecule has 4 nitrogen and oxygen atoms in total. The van der Waals surface area contributed by atoms with E-state index < -0.39 is 29.0 Å². The number of allylic oxidation sites excluding steroid dienone is 2. The van der Waals surface area contributed by atoms with E-state index in [1.807, 2.05) is 39.8 Å². The summed E-state index contributed by atoms with van der Waals surface area (Å²) in [6, 6.07) is 0. The maximum atomic E-state index is 12.8. The third-order valence-electron chi connectivity index (χ3n) is 6.08. The number of Topliss-reactive ketones (excluding diaryl/α,β-unsaturated/α-hetero) is 1. The Balaban J connectivity index is 2.20. The number of rotatable bonds is 2. The van der Waals surface area contributed by atoms with Crippen molar-refractivity contribution in [2.24, 2.45) is 35.5 Å². The normalized spacial score (nSPS) is 46.7. The number of ketones is 2. The Kier molecular flexibility index (Phi) is 3.28. The minimum absolute atomic E-state index is 0.179. The lowest BCUT2D eigenvalue weighted by molar-refractivity contribution is -0.193. The van der Waals surface area contributed by atoms with Crippen molar-refractivity contribution >= 4 is 11.6 Å². The SMILES string of the molecule is CC(C)[C@]1(O)C(=O)C=C[C@@H]2[C@H]1[C@@H]1C=C[C@H]2C(=O)[C@@]1(O)C(C)C. The van der Waals surface area contributed by atoms with E-state index in [2.05, 4.69) is 0 Å². The van der Waals surface area contributed by atoms with Gasteiger partial charge in [-0.25, -0.2) is 0 Å². The first-order valence-electron chi connectivity index (χ1n) is 8.06. The molecule has 4 aliphatic carbocycles. The smallest absolute Gasteiger partial charge is 0.187 e. The number of carbonyl (C=O) groups excluding carboxylic acids is 2. The van der Waals surface area contributed by atoms with Crippen LogP contribution >= 0.6 is 0 Å². The van der Waals surface area contributed by atoms with Crippen molar-refractivity contribution in [1.29, 1.82) is 0 Å². The summed E-state index contributed by atoms with van der Waals surface area (Å²) < 4.78 is 0. The quantitative estimate of drug-likeness (QED) is 0.759. The van der Waals surface area contributed by atoms with Crippen LogP contribution < -0.4 is 0 Å². The molecule has 22 heavy (non-hydrogen) atoms.